The van der Waals surface area contributed by atoms with Crippen molar-refractivity contribution in [3.8, 4) is 0 Å². The molecule has 0 atom stereocenters. The average molecular weight is 245 g/mol. The second kappa shape index (κ2) is 5.86. The summed E-state index contributed by atoms with van der Waals surface area (Å²) < 4.78 is 5.05. The molecule has 6 heteroatoms. The van der Waals surface area contributed by atoms with Gasteiger partial charge >= 0.3 is 0 Å². The van der Waals surface area contributed by atoms with Crippen LogP contribution in [0.1, 0.15) is 13.8 Å². The molecule has 0 aliphatic carbocycles. The molecule has 0 unspecified atom stereocenters. The molecule has 1 aromatic heterocycles. The van der Waals surface area contributed by atoms with Crippen LogP contribution >= 0.6 is 11.6 Å². The summed E-state index contributed by atoms with van der Waals surface area (Å²) in [5, 5.41) is 0.499. The first kappa shape index (κ1) is 13.0. The Morgan fingerprint density at radius 3 is 2.81 bits per heavy atom. The van der Waals surface area contributed by atoms with Gasteiger partial charge in [-0.1, -0.05) is 11.6 Å². The molecule has 0 aromatic carbocycles. The first-order valence-corrected chi connectivity index (χ1v) is 5.47. The van der Waals surface area contributed by atoms with E-state index in [4.69, 9.17) is 22.1 Å². The zero-order chi connectivity index (χ0) is 12.1. The maximum Gasteiger partial charge on any atom is 0.222 e. The van der Waals surface area contributed by atoms with Crippen LogP contribution in [0.4, 0.5) is 11.8 Å². The van der Waals surface area contributed by atoms with E-state index in [1.165, 1.54) is 6.20 Å². The molecule has 1 rings (SSSR count). The van der Waals surface area contributed by atoms with Gasteiger partial charge < -0.3 is 15.4 Å². The molecule has 1 aromatic rings. The van der Waals surface area contributed by atoms with E-state index < -0.39 is 0 Å². The first-order valence-electron chi connectivity index (χ1n) is 5.10. The van der Waals surface area contributed by atoms with Crippen LogP contribution in [-0.4, -0.2) is 36.3 Å². The molecule has 0 radical (unpaired) electrons. The second-order valence-electron chi connectivity index (χ2n) is 3.68. The topological polar surface area (TPSA) is 64.3 Å². The van der Waals surface area contributed by atoms with Crippen LogP contribution in [0.2, 0.25) is 5.02 Å². The van der Waals surface area contributed by atoms with Gasteiger partial charge in [-0.15, -0.1) is 0 Å². The van der Waals surface area contributed by atoms with Crippen LogP contribution in [0, 0.1) is 0 Å². The van der Waals surface area contributed by atoms with Crippen molar-refractivity contribution in [3.63, 3.8) is 0 Å². The molecule has 0 aliphatic heterocycles. The standard InChI is InChI=1S/C10H17ClN4O/c1-7(2)15(4-5-16-3)9-8(11)6-13-10(12)14-9/h6-7H,4-5H2,1-3H3,(H2,12,13,14). The SMILES string of the molecule is COCCN(c1nc(N)ncc1Cl)C(C)C. The van der Waals surface area contributed by atoms with Gasteiger partial charge in [0.2, 0.25) is 5.95 Å². The summed E-state index contributed by atoms with van der Waals surface area (Å²) in [6.45, 7) is 5.44. The average Bonchev–Trinajstić information content (AvgIpc) is 2.23. The highest BCUT2D eigenvalue weighted by molar-refractivity contribution is 6.32. The zero-order valence-corrected chi connectivity index (χ0v) is 10.5. The Labute approximate surface area is 101 Å². The molecule has 0 saturated carbocycles. The summed E-state index contributed by atoms with van der Waals surface area (Å²) in [7, 11) is 1.66. The van der Waals surface area contributed by atoms with E-state index in [0.717, 1.165) is 0 Å². The lowest BCUT2D eigenvalue weighted by Gasteiger charge is -2.28. The van der Waals surface area contributed by atoms with E-state index in [0.29, 0.717) is 24.0 Å². The van der Waals surface area contributed by atoms with Gasteiger partial charge in [0.15, 0.2) is 5.82 Å². The molecule has 0 saturated heterocycles. The predicted molar refractivity (Wildman–Crippen MR) is 65.8 cm³/mol. The van der Waals surface area contributed by atoms with Crippen molar-refractivity contribution < 1.29 is 4.74 Å². The van der Waals surface area contributed by atoms with Gasteiger partial charge in [-0.25, -0.2) is 4.98 Å². The van der Waals surface area contributed by atoms with E-state index in [-0.39, 0.29) is 12.0 Å². The lowest BCUT2D eigenvalue weighted by Crippen LogP contribution is -2.35. The van der Waals surface area contributed by atoms with E-state index in [9.17, 15) is 0 Å². The maximum absolute atomic E-state index is 6.05. The molecule has 2 N–H and O–H groups in total. The molecule has 5 nitrogen and oxygen atoms in total. The third-order valence-corrected chi connectivity index (χ3v) is 2.44. The predicted octanol–water partition coefficient (Wildman–Crippen LogP) is 1.57. The molecule has 0 bridgehead atoms. The largest absolute Gasteiger partial charge is 0.383 e. The number of halogens is 1. The molecule has 16 heavy (non-hydrogen) atoms. The highest BCUT2D eigenvalue weighted by Crippen LogP contribution is 2.24. The number of rotatable bonds is 5. The number of anilines is 2. The Morgan fingerprint density at radius 1 is 1.56 bits per heavy atom. The van der Waals surface area contributed by atoms with Crippen LogP contribution < -0.4 is 10.6 Å². The minimum atomic E-state index is 0.225. The number of methoxy groups -OCH3 is 1. The van der Waals surface area contributed by atoms with Crippen LogP contribution in [-0.2, 0) is 4.74 Å². The van der Waals surface area contributed by atoms with E-state index in [1.807, 2.05) is 4.90 Å². The first-order chi connectivity index (χ1) is 7.56. The minimum Gasteiger partial charge on any atom is -0.383 e. The molecule has 0 amide bonds. The molecule has 0 fully saturated rings. The fraction of sp³-hybridized carbons (Fsp3) is 0.600. The zero-order valence-electron chi connectivity index (χ0n) is 9.77. The Morgan fingerprint density at radius 2 is 2.25 bits per heavy atom. The van der Waals surface area contributed by atoms with Crippen molar-refractivity contribution in [3.05, 3.63) is 11.2 Å². The number of hydrogen-bond acceptors (Lipinski definition) is 5. The second-order valence-corrected chi connectivity index (χ2v) is 4.09. The summed E-state index contributed by atoms with van der Waals surface area (Å²) in [4.78, 5) is 10.0. The monoisotopic (exact) mass is 244 g/mol. The number of nitrogens with two attached hydrogens (primary N) is 1. The summed E-state index contributed by atoms with van der Waals surface area (Å²) in [5.41, 5.74) is 5.56. The third kappa shape index (κ3) is 3.21. The molecular weight excluding hydrogens is 228 g/mol. The Hall–Kier alpha value is -1.07. The van der Waals surface area contributed by atoms with Crippen LogP contribution in [0.25, 0.3) is 0 Å². The highest BCUT2D eigenvalue weighted by Gasteiger charge is 2.15. The van der Waals surface area contributed by atoms with Gasteiger partial charge in [-0.2, -0.15) is 4.98 Å². The van der Waals surface area contributed by atoms with Gasteiger partial charge in [0.1, 0.15) is 5.02 Å². The highest BCUT2D eigenvalue weighted by atomic mass is 35.5. The fourth-order valence-electron chi connectivity index (χ4n) is 1.37. The number of aromatic nitrogens is 2. The Bertz CT molecular complexity index is 346. The number of nitrogens with zero attached hydrogens (tertiary/aromatic N) is 3. The normalized spacial score (nSPS) is 10.8. The lowest BCUT2D eigenvalue weighted by atomic mass is 10.3. The summed E-state index contributed by atoms with van der Waals surface area (Å²) in [5.74, 6) is 0.878. The Balaban J connectivity index is 2.95. The number of nitrogen functional groups attached to an aromatic ring is 1. The van der Waals surface area contributed by atoms with Gasteiger partial charge in [0.05, 0.1) is 12.8 Å². The minimum absolute atomic E-state index is 0.225. The van der Waals surface area contributed by atoms with Gasteiger partial charge in [0.25, 0.3) is 0 Å². The lowest BCUT2D eigenvalue weighted by molar-refractivity contribution is 0.203. The molecule has 0 spiro atoms. The van der Waals surface area contributed by atoms with Gasteiger partial charge in [-0.3, -0.25) is 0 Å². The van der Waals surface area contributed by atoms with Crippen LogP contribution in [0.5, 0.6) is 0 Å². The third-order valence-electron chi connectivity index (χ3n) is 2.18. The van der Waals surface area contributed by atoms with Crippen molar-refractivity contribution in [1.29, 1.82) is 0 Å². The van der Waals surface area contributed by atoms with E-state index in [1.54, 1.807) is 7.11 Å². The smallest absolute Gasteiger partial charge is 0.222 e. The van der Waals surface area contributed by atoms with Crippen molar-refractivity contribution in [1.82, 2.24) is 9.97 Å². The van der Waals surface area contributed by atoms with Gasteiger partial charge in [-0.05, 0) is 13.8 Å². The number of hydrogen-bond donors (Lipinski definition) is 1. The van der Waals surface area contributed by atoms with E-state index >= 15 is 0 Å². The maximum atomic E-state index is 6.05. The quantitative estimate of drug-likeness (QED) is 0.852. The fourth-order valence-corrected chi connectivity index (χ4v) is 1.57. The van der Waals surface area contributed by atoms with Crippen LogP contribution in [0.15, 0.2) is 6.20 Å². The van der Waals surface area contributed by atoms with E-state index in [2.05, 4.69) is 23.8 Å². The molecule has 0 aliphatic rings. The number of ether oxygens (including phenoxy) is 1. The van der Waals surface area contributed by atoms with Crippen LogP contribution in [0.3, 0.4) is 0 Å². The summed E-state index contributed by atoms with van der Waals surface area (Å²) >= 11 is 6.05. The molecule has 1 heterocycles. The van der Waals surface area contributed by atoms with Gasteiger partial charge in [0, 0.05) is 19.7 Å². The van der Waals surface area contributed by atoms with Crippen molar-refractivity contribution in [2.24, 2.45) is 0 Å². The molecular formula is C10H17ClN4O. The molecule has 90 valence electrons. The van der Waals surface area contributed by atoms with Crippen molar-refractivity contribution in [2.75, 3.05) is 30.9 Å². The van der Waals surface area contributed by atoms with Crippen molar-refractivity contribution >= 4 is 23.4 Å². The summed E-state index contributed by atoms with van der Waals surface area (Å²) in [6.07, 6.45) is 1.52. The Kier molecular flexibility index (Phi) is 4.76. The summed E-state index contributed by atoms with van der Waals surface area (Å²) in [6, 6.07) is 0.266. The van der Waals surface area contributed by atoms with Crippen molar-refractivity contribution in [2.45, 2.75) is 19.9 Å².